The fourth-order valence-electron chi connectivity index (χ4n) is 2.38. The quantitative estimate of drug-likeness (QED) is 0.413. The van der Waals surface area contributed by atoms with Crippen molar-refractivity contribution in [1.29, 1.82) is 0 Å². The molecule has 0 amide bonds. The predicted molar refractivity (Wildman–Crippen MR) is 114 cm³/mol. The molecule has 0 aliphatic rings. The Bertz CT molecular complexity index is 1060. The van der Waals surface area contributed by atoms with Crippen LogP contribution in [0.1, 0.15) is 16.7 Å². The first-order valence-corrected chi connectivity index (χ1v) is 10.8. The summed E-state index contributed by atoms with van der Waals surface area (Å²) in [6.45, 7) is 2.36. The normalized spacial score (nSPS) is 11.5. The monoisotopic (exact) mass is 458 g/mol. The van der Waals surface area contributed by atoms with Crippen LogP contribution in [0.15, 0.2) is 87.3 Å². The van der Waals surface area contributed by atoms with Gasteiger partial charge in [0.05, 0.1) is 11.1 Å². The molecule has 0 aliphatic carbocycles. The smallest absolute Gasteiger partial charge is 0.276 e. The van der Waals surface area contributed by atoms with E-state index in [1.807, 2.05) is 43.3 Å². The first-order chi connectivity index (χ1) is 13.4. The molecule has 7 heteroatoms. The number of halogens is 1. The molecule has 0 saturated heterocycles. The third-order valence-corrected chi connectivity index (χ3v) is 5.62. The average Bonchev–Trinajstić information content (AvgIpc) is 2.68. The number of rotatable bonds is 7. The minimum Gasteiger partial charge on any atom is -0.489 e. The molecule has 0 heterocycles. The molecule has 0 saturated carbocycles. The van der Waals surface area contributed by atoms with Crippen molar-refractivity contribution < 1.29 is 13.2 Å². The zero-order valence-electron chi connectivity index (χ0n) is 15.2. The van der Waals surface area contributed by atoms with Gasteiger partial charge in [0, 0.05) is 4.47 Å². The third-order valence-electron chi connectivity index (χ3n) is 3.89. The molecule has 1 N–H and O–H groups in total. The summed E-state index contributed by atoms with van der Waals surface area (Å²) in [5, 5.41) is 3.84. The van der Waals surface area contributed by atoms with Crippen molar-refractivity contribution in [2.45, 2.75) is 18.4 Å². The van der Waals surface area contributed by atoms with E-state index in [1.54, 1.807) is 36.4 Å². The molecule has 0 atom stereocenters. The molecular weight excluding hydrogens is 440 g/mol. The number of benzene rings is 3. The highest BCUT2D eigenvalue weighted by molar-refractivity contribution is 9.10. The Morgan fingerprint density at radius 2 is 1.75 bits per heavy atom. The van der Waals surface area contributed by atoms with E-state index >= 15 is 0 Å². The van der Waals surface area contributed by atoms with E-state index < -0.39 is 10.0 Å². The second-order valence-electron chi connectivity index (χ2n) is 6.15. The first-order valence-electron chi connectivity index (χ1n) is 8.51. The van der Waals surface area contributed by atoms with Gasteiger partial charge in [-0.2, -0.15) is 13.5 Å². The van der Waals surface area contributed by atoms with Crippen molar-refractivity contribution in [3.63, 3.8) is 0 Å². The Balaban J connectivity index is 1.57. The number of hydrogen-bond acceptors (Lipinski definition) is 4. The number of nitrogens with one attached hydrogen (secondary N) is 1. The molecule has 28 heavy (non-hydrogen) atoms. The molecule has 3 rings (SSSR count). The van der Waals surface area contributed by atoms with E-state index in [1.165, 1.54) is 6.21 Å². The van der Waals surface area contributed by atoms with Crippen molar-refractivity contribution in [2.75, 3.05) is 0 Å². The summed E-state index contributed by atoms with van der Waals surface area (Å²) in [6, 6.07) is 21.7. The van der Waals surface area contributed by atoms with Gasteiger partial charge in [-0.3, -0.25) is 0 Å². The van der Waals surface area contributed by atoms with Crippen LogP contribution in [-0.4, -0.2) is 14.6 Å². The minimum atomic E-state index is -3.67. The summed E-state index contributed by atoms with van der Waals surface area (Å²) in [7, 11) is -3.67. The van der Waals surface area contributed by atoms with Crippen molar-refractivity contribution in [2.24, 2.45) is 5.10 Å². The fraction of sp³-hybridized carbons (Fsp3) is 0.0952. The van der Waals surface area contributed by atoms with Crippen LogP contribution in [-0.2, 0) is 16.6 Å². The highest BCUT2D eigenvalue weighted by atomic mass is 79.9. The Morgan fingerprint density at radius 1 is 1.04 bits per heavy atom. The SMILES string of the molecule is Cc1ccc(S(=O)(=O)NN=Cc2ccc(OCc3cccc(Br)c3)cc2)cc1. The third kappa shape index (κ3) is 5.68. The van der Waals surface area contributed by atoms with Gasteiger partial charge in [-0.25, -0.2) is 4.83 Å². The van der Waals surface area contributed by atoms with Gasteiger partial charge in [-0.05, 0) is 66.6 Å². The van der Waals surface area contributed by atoms with Gasteiger partial charge in [0.25, 0.3) is 10.0 Å². The van der Waals surface area contributed by atoms with Crippen LogP contribution in [0.4, 0.5) is 0 Å². The second kappa shape index (κ2) is 9.03. The van der Waals surface area contributed by atoms with Crippen molar-refractivity contribution >= 4 is 32.2 Å². The van der Waals surface area contributed by atoms with Crippen molar-refractivity contribution in [3.05, 3.63) is 94.0 Å². The number of aryl methyl sites for hydroxylation is 1. The van der Waals surface area contributed by atoms with Crippen LogP contribution in [0, 0.1) is 6.92 Å². The van der Waals surface area contributed by atoms with Gasteiger partial charge in [-0.15, -0.1) is 0 Å². The maximum Gasteiger partial charge on any atom is 0.276 e. The Labute approximate surface area is 173 Å². The highest BCUT2D eigenvalue weighted by Crippen LogP contribution is 2.16. The molecule has 0 bridgehead atoms. The predicted octanol–water partition coefficient (Wildman–Crippen LogP) is 4.65. The Morgan fingerprint density at radius 3 is 2.43 bits per heavy atom. The zero-order chi connectivity index (χ0) is 20.0. The fourth-order valence-corrected chi connectivity index (χ4v) is 3.62. The van der Waals surface area contributed by atoms with E-state index in [0.717, 1.165) is 26.9 Å². The van der Waals surface area contributed by atoms with Crippen molar-refractivity contribution in [3.8, 4) is 5.75 Å². The van der Waals surface area contributed by atoms with E-state index in [-0.39, 0.29) is 4.90 Å². The Kier molecular flexibility index (Phi) is 6.49. The van der Waals surface area contributed by atoms with Crippen LogP contribution in [0.2, 0.25) is 0 Å². The summed E-state index contributed by atoms with van der Waals surface area (Å²) < 4.78 is 31.1. The van der Waals surface area contributed by atoms with Gasteiger partial charge in [0.15, 0.2) is 0 Å². The molecule has 0 fully saturated rings. The molecule has 3 aromatic carbocycles. The number of nitrogens with zero attached hydrogens (tertiary/aromatic N) is 1. The van der Waals surface area contributed by atoms with E-state index in [2.05, 4.69) is 25.9 Å². The van der Waals surface area contributed by atoms with Crippen LogP contribution in [0.3, 0.4) is 0 Å². The summed E-state index contributed by atoms with van der Waals surface area (Å²) in [6.07, 6.45) is 1.45. The molecule has 0 aliphatic heterocycles. The van der Waals surface area contributed by atoms with Gasteiger partial charge < -0.3 is 4.74 Å². The lowest BCUT2D eigenvalue weighted by atomic mass is 10.2. The first kappa shape index (κ1) is 20.1. The van der Waals surface area contributed by atoms with Crippen LogP contribution < -0.4 is 9.57 Å². The molecule has 0 aromatic heterocycles. The highest BCUT2D eigenvalue weighted by Gasteiger charge is 2.11. The van der Waals surface area contributed by atoms with Crippen LogP contribution >= 0.6 is 15.9 Å². The number of sulfonamides is 1. The van der Waals surface area contributed by atoms with E-state index in [0.29, 0.717) is 6.61 Å². The molecule has 0 spiro atoms. The maximum absolute atomic E-state index is 12.2. The van der Waals surface area contributed by atoms with E-state index in [4.69, 9.17) is 4.74 Å². The lowest BCUT2D eigenvalue weighted by Gasteiger charge is -2.07. The van der Waals surface area contributed by atoms with Gasteiger partial charge in [0.1, 0.15) is 12.4 Å². The maximum atomic E-state index is 12.2. The molecule has 5 nitrogen and oxygen atoms in total. The largest absolute Gasteiger partial charge is 0.489 e. The minimum absolute atomic E-state index is 0.173. The lowest BCUT2D eigenvalue weighted by molar-refractivity contribution is 0.306. The molecule has 0 unspecified atom stereocenters. The Hall–Kier alpha value is -2.64. The standard InChI is InChI=1S/C21H19BrN2O3S/c1-16-5-11-21(12-6-16)28(25,26)24-23-14-17-7-9-20(10-8-17)27-15-18-3-2-4-19(22)13-18/h2-14,24H,15H2,1H3. The molecular formula is C21H19BrN2O3S. The molecule has 144 valence electrons. The van der Waals surface area contributed by atoms with Gasteiger partial charge in [0.2, 0.25) is 0 Å². The number of hydrazone groups is 1. The van der Waals surface area contributed by atoms with E-state index in [9.17, 15) is 8.42 Å². The van der Waals surface area contributed by atoms with Gasteiger partial charge >= 0.3 is 0 Å². The number of hydrogen-bond donors (Lipinski definition) is 1. The summed E-state index contributed by atoms with van der Waals surface area (Å²) in [5.41, 5.74) is 2.80. The number of ether oxygens (including phenoxy) is 1. The molecule has 0 radical (unpaired) electrons. The zero-order valence-corrected chi connectivity index (χ0v) is 17.6. The van der Waals surface area contributed by atoms with Crippen LogP contribution in [0.25, 0.3) is 0 Å². The summed E-state index contributed by atoms with van der Waals surface area (Å²) in [5.74, 6) is 0.720. The lowest BCUT2D eigenvalue weighted by Crippen LogP contribution is -2.18. The summed E-state index contributed by atoms with van der Waals surface area (Å²) in [4.78, 5) is 2.39. The topological polar surface area (TPSA) is 67.8 Å². The van der Waals surface area contributed by atoms with Crippen molar-refractivity contribution in [1.82, 2.24) is 4.83 Å². The van der Waals surface area contributed by atoms with Crippen LogP contribution in [0.5, 0.6) is 5.75 Å². The van der Waals surface area contributed by atoms with Gasteiger partial charge in [-0.1, -0.05) is 45.8 Å². The average molecular weight is 459 g/mol. The second-order valence-corrected chi connectivity index (χ2v) is 8.73. The summed E-state index contributed by atoms with van der Waals surface area (Å²) >= 11 is 3.43. The molecule has 3 aromatic rings.